The first-order valence-electron chi connectivity index (χ1n) is 8.01. The van der Waals surface area contributed by atoms with Crippen LogP contribution in [-0.4, -0.2) is 29.3 Å². The second kappa shape index (κ2) is 7.37. The Morgan fingerprint density at radius 2 is 2.10 bits per heavy atom. The molecule has 0 bridgehead atoms. The average Bonchev–Trinajstić information content (AvgIpc) is 2.54. The molecule has 2 heterocycles. The zero-order valence-corrected chi connectivity index (χ0v) is 13.1. The summed E-state index contributed by atoms with van der Waals surface area (Å²) in [6.45, 7) is 5.75. The van der Waals surface area contributed by atoms with Gasteiger partial charge in [0.05, 0.1) is 5.69 Å². The predicted molar refractivity (Wildman–Crippen MR) is 84.2 cm³/mol. The maximum Gasteiger partial charge on any atom is 0.169 e. The lowest BCUT2D eigenvalue weighted by Crippen LogP contribution is -2.42. The second-order valence-corrected chi connectivity index (χ2v) is 5.56. The minimum Gasteiger partial charge on any atom is -0.351 e. The van der Waals surface area contributed by atoms with Crippen molar-refractivity contribution in [2.24, 2.45) is 5.73 Å². The molecule has 0 amide bonds. The molecule has 5 heteroatoms. The van der Waals surface area contributed by atoms with E-state index in [0.717, 1.165) is 55.7 Å². The molecule has 1 aliphatic rings. The zero-order chi connectivity index (χ0) is 15.2. The van der Waals surface area contributed by atoms with E-state index in [0.29, 0.717) is 18.2 Å². The van der Waals surface area contributed by atoms with Crippen molar-refractivity contribution in [3.8, 4) is 6.07 Å². The van der Waals surface area contributed by atoms with Gasteiger partial charge in [-0.25, -0.2) is 0 Å². The van der Waals surface area contributed by atoms with Crippen LogP contribution in [0.2, 0.25) is 0 Å². The van der Waals surface area contributed by atoms with E-state index in [1.165, 1.54) is 6.42 Å². The molecule has 1 saturated heterocycles. The van der Waals surface area contributed by atoms with Gasteiger partial charge in [-0.2, -0.15) is 10.4 Å². The van der Waals surface area contributed by atoms with Gasteiger partial charge >= 0.3 is 0 Å². The van der Waals surface area contributed by atoms with Crippen LogP contribution in [0.25, 0.3) is 0 Å². The summed E-state index contributed by atoms with van der Waals surface area (Å²) in [5, 5.41) is 18.4. The number of nitrogens with zero attached hydrogens (tertiary/aromatic N) is 4. The molecule has 0 aliphatic carbocycles. The summed E-state index contributed by atoms with van der Waals surface area (Å²) in [5.41, 5.74) is 8.47. The van der Waals surface area contributed by atoms with Gasteiger partial charge in [-0.3, -0.25) is 0 Å². The Balaban J connectivity index is 2.44. The normalized spacial score (nSPS) is 18.6. The number of piperidine rings is 1. The minimum absolute atomic E-state index is 0.391. The van der Waals surface area contributed by atoms with Gasteiger partial charge < -0.3 is 10.6 Å². The molecular formula is C16H25N5. The maximum atomic E-state index is 9.63. The third-order valence-corrected chi connectivity index (χ3v) is 4.34. The number of nitrogens with two attached hydrogens (primary N) is 1. The second-order valence-electron chi connectivity index (χ2n) is 5.56. The molecule has 2 N–H and O–H groups in total. The molecule has 114 valence electrons. The quantitative estimate of drug-likeness (QED) is 0.898. The van der Waals surface area contributed by atoms with Crippen molar-refractivity contribution >= 4 is 5.82 Å². The monoisotopic (exact) mass is 287 g/mol. The largest absolute Gasteiger partial charge is 0.351 e. The smallest absolute Gasteiger partial charge is 0.169 e. The Morgan fingerprint density at radius 1 is 1.29 bits per heavy atom. The van der Waals surface area contributed by atoms with Gasteiger partial charge in [0.15, 0.2) is 5.82 Å². The zero-order valence-electron chi connectivity index (χ0n) is 13.1. The van der Waals surface area contributed by atoms with Crippen LogP contribution in [0.5, 0.6) is 0 Å². The standard InChI is InChI=1S/C16H25N5/c1-3-13-14(11-18)16(20-19-15(13)4-2)21-10-6-5-7-12(21)8-9-17/h12H,3-10,17H2,1-2H3. The molecule has 0 aromatic carbocycles. The van der Waals surface area contributed by atoms with Crippen molar-refractivity contribution in [3.63, 3.8) is 0 Å². The van der Waals surface area contributed by atoms with E-state index in [2.05, 4.69) is 35.0 Å². The molecule has 2 rings (SSSR count). The summed E-state index contributed by atoms with van der Waals surface area (Å²) < 4.78 is 0. The number of anilines is 1. The molecule has 5 nitrogen and oxygen atoms in total. The lowest BCUT2D eigenvalue weighted by Gasteiger charge is -2.37. The average molecular weight is 287 g/mol. The number of aryl methyl sites for hydroxylation is 1. The van der Waals surface area contributed by atoms with E-state index in [1.807, 2.05) is 0 Å². The van der Waals surface area contributed by atoms with Gasteiger partial charge in [-0.15, -0.1) is 5.10 Å². The van der Waals surface area contributed by atoms with Crippen LogP contribution in [0.4, 0.5) is 5.82 Å². The fourth-order valence-electron chi connectivity index (χ4n) is 3.25. The SMILES string of the molecule is CCc1nnc(N2CCCCC2CCN)c(C#N)c1CC. The fourth-order valence-corrected chi connectivity index (χ4v) is 3.25. The van der Waals surface area contributed by atoms with Crippen LogP contribution in [0.15, 0.2) is 0 Å². The Kier molecular flexibility index (Phi) is 5.51. The van der Waals surface area contributed by atoms with E-state index in [9.17, 15) is 5.26 Å². The molecule has 1 unspecified atom stereocenters. The maximum absolute atomic E-state index is 9.63. The van der Waals surface area contributed by atoms with Gasteiger partial charge in [0.2, 0.25) is 0 Å². The topological polar surface area (TPSA) is 78.8 Å². The summed E-state index contributed by atoms with van der Waals surface area (Å²) >= 11 is 0. The van der Waals surface area contributed by atoms with E-state index >= 15 is 0 Å². The van der Waals surface area contributed by atoms with E-state index < -0.39 is 0 Å². The predicted octanol–water partition coefficient (Wildman–Crippen LogP) is 2.18. The molecule has 1 aromatic rings. The highest BCUT2D eigenvalue weighted by atomic mass is 15.3. The molecule has 0 saturated carbocycles. The molecule has 1 atom stereocenters. The van der Waals surface area contributed by atoms with Crippen molar-refractivity contribution in [2.45, 2.75) is 58.4 Å². The van der Waals surface area contributed by atoms with Crippen LogP contribution in [0.1, 0.15) is 56.4 Å². The lowest BCUT2D eigenvalue weighted by atomic mass is 9.97. The first kappa shape index (κ1) is 15.7. The molecule has 1 fully saturated rings. The summed E-state index contributed by atoms with van der Waals surface area (Å²) in [4.78, 5) is 2.26. The Bertz CT molecular complexity index is 518. The Morgan fingerprint density at radius 3 is 2.71 bits per heavy atom. The van der Waals surface area contributed by atoms with Crippen LogP contribution < -0.4 is 10.6 Å². The first-order valence-corrected chi connectivity index (χ1v) is 8.01. The van der Waals surface area contributed by atoms with Gasteiger partial charge in [0.1, 0.15) is 11.6 Å². The van der Waals surface area contributed by atoms with Crippen molar-refractivity contribution in [3.05, 3.63) is 16.8 Å². The molecule has 0 spiro atoms. The van der Waals surface area contributed by atoms with E-state index in [4.69, 9.17) is 5.73 Å². The highest BCUT2D eigenvalue weighted by Gasteiger charge is 2.27. The fraction of sp³-hybridized carbons (Fsp3) is 0.688. The highest BCUT2D eigenvalue weighted by Crippen LogP contribution is 2.29. The van der Waals surface area contributed by atoms with Crippen molar-refractivity contribution in [1.29, 1.82) is 5.26 Å². The molecular weight excluding hydrogens is 262 g/mol. The van der Waals surface area contributed by atoms with Crippen LogP contribution in [0, 0.1) is 11.3 Å². The first-order chi connectivity index (χ1) is 10.3. The summed E-state index contributed by atoms with van der Waals surface area (Å²) in [6.07, 6.45) is 6.08. The molecule has 0 radical (unpaired) electrons. The van der Waals surface area contributed by atoms with Crippen LogP contribution in [-0.2, 0) is 12.8 Å². The van der Waals surface area contributed by atoms with Gasteiger partial charge in [0, 0.05) is 12.6 Å². The Hall–Kier alpha value is -1.67. The van der Waals surface area contributed by atoms with Crippen molar-refractivity contribution < 1.29 is 0 Å². The lowest BCUT2D eigenvalue weighted by molar-refractivity contribution is 0.437. The summed E-state index contributed by atoms with van der Waals surface area (Å²) in [7, 11) is 0. The molecule has 21 heavy (non-hydrogen) atoms. The van der Waals surface area contributed by atoms with E-state index in [1.54, 1.807) is 0 Å². The van der Waals surface area contributed by atoms with Gasteiger partial charge in [-0.1, -0.05) is 13.8 Å². The third kappa shape index (κ3) is 3.16. The summed E-state index contributed by atoms with van der Waals surface area (Å²) in [5.74, 6) is 0.768. The van der Waals surface area contributed by atoms with Gasteiger partial charge in [0.25, 0.3) is 0 Å². The van der Waals surface area contributed by atoms with Crippen molar-refractivity contribution in [1.82, 2.24) is 10.2 Å². The van der Waals surface area contributed by atoms with Crippen LogP contribution >= 0.6 is 0 Å². The number of hydrogen-bond donors (Lipinski definition) is 1. The van der Waals surface area contributed by atoms with E-state index in [-0.39, 0.29) is 0 Å². The van der Waals surface area contributed by atoms with Gasteiger partial charge in [-0.05, 0) is 50.6 Å². The Labute approximate surface area is 127 Å². The number of aromatic nitrogens is 2. The number of hydrogen-bond acceptors (Lipinski definition) is 5. The third-order valence-electron chi connectivity index (χ3n) is 4.34. The number of rotatable bonds is 5. The van der Waals surface area contributed by atoms with Crippen molar-refractivity contribution in [2.75, 3.05) is 18.0 Å². The molecule has 1 aromatic heterocycles. The summed E-state index contributed by atoms with van der Waals surface area (Å²) in [6, 6.07) is 2.77. The minimum atomic E-state index is 0.391. The van der Waals surface area contributed by atoms with Crippen LogP contribution in [0.3, 0.4) is 0 Å². The highest BCUT2D eigenvalue weighted by molar-refractivity contribution is 5.58. The molecule has 1 aliphatic heterocycles. The number of nitriles is 1.